The molecule has 0 aliphatic heterocycles. The highest BCUT2D eigenvalue weighted by molar-refractivity contribution is 8.00. The van der Waals surface area contributed by atoms with E-state index in [1.54, 1.807) is 38.2 Å². The van der Waals surface area contributed by atoms with Crippen molar-refractivity contribution in [2.75, 3.05) is 5.32 Å². The fraction of sp³-hybridized carbons (Fsp3) is 0.211. The lowest BCUT2D eigenvalue weighted by Gasteiger charge is -2.14. The molecular formula is C19H18ClN3O2S. The number of aromatic nitrogens is 2. The summed E-state index contributed by atoms with van der Waals surface area (Å²) in [6.07, 6.45) is 0. The molecule has 0 radical (unpaired) electrons. The number of hydrogen-bond acceptors (Lipinski definition) is 4. The topological polar surface area (TPSA) is 64.0 Å². The average molecular weight is 388 g/mol. The van der Waals surface area contributed by atoms with Gasteiger partial charge in [0.2, 0.25) is 5.91 Å². The Morgan fingerprint density at radius 2 is 2.00 bits per heavy atom. The molecule has 3 aromatic rings. The van der Waals surface area contributed by atoms with Crippen LogP contribution in [0.2, 0.25) is 5.02 Å². The Morgan fingerprint density at radius 1 is 1.27 bits per heavy atom. The van der Waals surface area contributed by atoms with Crippen LogP contribution in [0.25, 0.3) is 10.9 Å². The molecule has 0 saturated carbocycles. The summed E-state index contributed by atoms with van der Waals surface area (Å²) in [5.74, 6) is -0.207. The van der Waals surface area contributed by atoms with Crippen molar-refractivity contribution in [2.24, 2.45) is 7.05 Å². The molecule has 0 saturated heterocycles. The van der Waals surface area contributed by atoms with Gasteiger partial charge in [0.05, 0.1) is 26.9 Å². The van der Waals surface area contributed by atoms with Crippen LogP contribution in [0.3, 0.4) is 0 Å². The molecule has 0 bridgehead atoms. The monoisotopic (exact) mass is 387 g/mol. The van der Waals surface area contributed by atoms with Gasteiger partial charge in [0.15, 0.2) is 5.16 Å². The predicted octanol–water partition coefficient (Wildman–Crippen LogP) is 4.01. The van der Waals surface area contributed by atoms with Crippen LogP contribution >= 0.6 is 23.4 Å². The first-order valence-corrected chi connectivity index (χ1v) is 9.32. The molecule has 0 aliphatic rings. The lowest BCUT2D eigenvalue weighted by molar-refractivity contribution is -0.115. The summed E-state index contributed by atoms with van der Waals surface area (Å²) < 4.78 is 1.48. The third-order valence-corrected chi connectivity index (χ3v) is 5.45. The Hall–Kier alpha value is -2.31. The minimum atomic E-state index is -0.452. The molecule has 0 aliphatic carbocycles. The zero-order valence-electron chi connectivity index (χ0n) is 14.6. The smallest absolute Gasteiger partial charge is 0.261 e. The number of nitrogens with zero attached hydrogens (tertiary/aromatic N) is 2. The number of nitrogens with one attached hydrogen (secondary N) is 1. The molecule has 1 N–H and O–H groups in total. The van der Waals surface area contributed by atoms with Gasteiger partial charge < -0.3 is 5.32 Å². The minimum Gasteiger partial charge on any atom is -0.324 e. The molecule has 1 heterocycles. The van der Waals surface area contributed by atoms with Crippen molar-refractivity contribution in [3.8, 4) is 0 Å². The molecule has 1 unspecified atom stereocenters. The highest BCUT2D eigenvalue weighted by Crippen LogP contribution is 2.25. The van der Waals surface area contributed by atoms with Crippen LogP contribution in [0, 0.1) is 6.92 Å². The maximum Gasteiger partial charge on any atom is 0.261 e. The van der Waals surface area contributed by atoms with Crippen molar-refractivity contribution in [3.05, 3.63) is 63.4 Å². The Labute approximate surface area is 160 Å². The zero-order chi connectivity index (χ0) is 18.8. The molecule has 0 spiro atoms. The molecule has 2 aromatic carbocycles. The predicted molar refractivity (Wildman–Crippen MR) is 107 cm³/mol. The summed E-state index contributed by atoms with van der Waals surface area (Å²) >= 11 is 7.31. The molecule has 1 atom stereocenters. The number of aryl methyl sites for hydroxylation is 1. The minimum absolute atomic E-state index is 0.125. The van der Waals surface area contributed by atoms with E-state index in [-0.39, 0.29) is 11.5 Å². The van der Waals surface area contributed by atoms with Gasteiger partial charge >= 0.3 is 0 Å². The first-order chi connectivity index (χ1) is 12.4. The fourth-order valence-corrected chi connectivity index (χ4v) is 3.54. The third-order valence-electron chi connectivity index (χ3n) is 3.97. The number of hydrogen-bond donors (Lipinski definition) is 1. The quantitative estimate of drug-likeness (QED) is 0.542. The SMILES string of the molecule is Cc1ccc2nc(SC(C)C(=O)Nc3ccccc3Cl)n(C)c(=O)c2c1. The van der Waals surface area contributed by atoms with Gasteiger partial charge in [-0.05, 0) is 38.1 Å². The zero-order valence-corrected chi connectivity index (χ0v) is 16.2. The number of rotatable bonds is 4. The van der Waals surface area contributed by atoms with Gasteiger partial charge in [0.25, 0.3) is 5.56 Å². The molecule has 7 heteroatoms. The number of carbonyl (C=O) groups excluding carboxylic acids is 1. The average Bonchev–Trinajstić information content (AvgIpc) is 2.62. The summed E-state index contributed by atoms with van der Waals surface area (Å²) in [5.41, 5.74) is 2.06. The van der Waals surface area contributed by atoms with E-state index < -0.39 is 5.25 Å². The van der Waals surface area contributed by atoms with Gasteiger partial charge in [-0.15, -0.1) is 0 Å². The van der Waals surface area contributed by atoms with Crippen molar-refractivity contribution >= 4 is 45.9 Å². The molecular weight excluding hydrogens is 370 g/mol. The summed E-state index contributed by atoms with van der Waals surface area (Å²) in [6, 6.07) is 12.6. The van der Waals surface area contributed by atoms with Gasteiger partial charge in [0.1, 0.15) is 0 Å². The van der Waals surface area contributed by atoms with Crippen LogP contribution in [0.5, 0.6) is 0 Å². The highest BCUT2D eigenvalue weighted by Gasteiger charge is 2.19. The fourth-order valence-electron chi connectivity index (χ4n) is 2.48. The number of carbonyl (C=O) groups is 1. The lowest BCUT2D eigenvalue weighted by atomic mass is 10.2. The summed E-state index contributed by atoms with van der Waals surface area (Å²) in [6.45, 7) is 3.70. The van der Waals surface area contributed by atoms with Crippen molar-refractivity contribution in [3.63, 3.8) is 0 Å². The van der Waals surface area contributed by atoms with Crippen molar-refractivity contribution in [1.82, 2.24) is 9.55 Å². The molecule has 134 valence electrons. The Kier molecular flexibility index (Phi) is 5.34. The number of amides is 1. The summed E-state index contributed by atoms with van der Waals surface area (Å²) in [4.78, 5) is 29.6. The van der Waals surface area contributed by atoms with Crippen molar-refractivity contribution in [1.29, 1.82) is 0 Å². The maximum absolute atomic E-state index is 12.6. The largest absolute Gasteiger partial charge is 0.324 e. The second-order valence-corrected chi connectivity index (χ2v) is 7.72. The summed E-state index contributed by atoms with van der Waals surface area (Å²) in [7, 11) is 1.66. The number of anilines is 1. The molecule has 5 nitrogen and oxygen atoms in total. The van der Waals surface area contributed by atoms with Crippen LogP contribution < -0.4 is 10.9 Å². The van der Waals surface area contributed by atoms with Gasteiger partial charge in [0, 0.05) is 7.05 Å². The summed E-state index contributed by atoms with van der Waals surface area (Å²) in [5, 5.41) is 3.89. The second kappa shape index (κ2) is 7.51. The Bertz CT molecular complexity index is 1050. The van der Waals surface area contributed by atoms with E-state index in [1.807, 2.05) is 25.1 Å². The van der Waals surface area contributed by atoms with Crippen LogP contribution in [0.1, 0.15) is 12.5 Å². The maximum atomic E-state index is 12.6. The van der Waals surface area contributed by atoms with Gasteiger partial charge in [-0.2, -0.15) is 0 Å². The molecule has 26 heavy (non-hydrogen) atoms. The van der Waals surface area contributed by atoms with Crippen LogP contribution in [-0.4, -0.2) is 20.7 Å². The molecule has 1 aromatic heterocycles. The van der Waals surface area contributed by atoms with Gasteiger partial charge in [-0.25, -0.2) is 4.98 Å². The lowest BCUT2D eigenvalue weighted by Crippen LogP contribution is -2.25. The van der Waals surface area contributed by atoms with Crippen LogP contribution in [0.15, 0.2) is 52.4 Å². The van der Waals surface area contributed by atoms with Gasteiger partial charge in [-0.3, -0.25) is 14.2 Å². The van der Waals surface area contributed by atoms with E-state index in [4.69, 9.17) is 11.6 Å². The molecule has 0 fully saturated rings. The normalized spacial score (nSPS) is 12.2. The number of benzene rings is 2. The molecule has 3 rings (SSSR count). The number of para-hydroxylation sites is 1. The van der Waals surface area contributed by atoms with Crippen molar-refractivity contribution < 1.29 is 4.79 Å². The standard InChI is InChI=1S/C19H18ClN3O2S/c1-11-8-9-15-13(10-11)18(25)23(3)19(22-15)26-12(2)17(24)21-16-7-5-4-6-14(16)20/h4-10,12H,1-3H3,(H,21,24). The number of thioether (sulfide) groups is 1. The first-order valence-electron chi connectivity index (χ1n) is 8.06. The number of fused-ring (bicyclic) bond motifs is 1. The van der Waals surface area contributed by atoms with E-state index in [2.05, 4.69) is 10.3 Å². The van der Waals surface area contributed by atoms with Gasteiger partial charge in [-0.1, -0.05) is 47.1 Å². The van der Waals surface area contributed by atoms with Crippen LogP contribution in [-0.2, 0) is 11.8 Å². The Balaban J connectivity index is 1.85. The van der Waals surface area contributed by atoms with E-state index in [1.165, 1.54) is 16.3 Å². The number of halogens is 1. The Morgan fingerprint density at radius 3 is 2.73 bits per heavy atom. The highest BCUT2D eigenvalue weighted by atomic mass is 35.5. The van der Waals surface area contributed by atoms with E-state index in [0.29, 0.717) is 26.8 Å². The van der Waals surface area contributed by atoms with Crippen molar-refractivity contribution in [2.45, 2.75) is 24.3 Å². The van der Waals surface area contributed by atoms with E-state index in [9.17, 15) is 9.59 Å². The second-order valence-electron chi connectivity index (χ2n) is 6.01. The van der Waals surface area contributed by atoms with Crippen LogP contribution in [0.4, 0.5) is 5.69 Å². The van der Waals surface area contributed by atoms with E-state index in [0.717, 1.165) is 5.56 Å². The third kappa shape index (κ3) is 3.76. The first kappa shape index (κ1) is 18.5. The van der Waals surface area contributed by atoms with E-state index >= 15 is 0 Å². The molecule has 1 amide bonds.